The zero-order chi connectivity index (χ0) is 13.1. The minimum atomic E-state index is -0.105. The molecule has 0 amide bonds. The average Bonchev–Trinajstić information content (AvgIpc) is 2.36. The molecule has 0 radical (unpaired) electrons. The summed E-state index contributed by atoms with van der Waals surface area (Å²) in [6, 6.07) is 11.7. The SMILES string of the molecule is CSc1ccc2cccc(C(=O)CC(C)=O)c2c1. The Hall–Kier alpha value is -1.61. The molecule has 2 aromatic carbocycles. The third-order valence-electron chi connectivity index (χ3n) is 2.80. The van der Waals surface area contributed by atoms with Crippen molar-refractivity contribution >= 4 is 34.1 Å². The van der Waals surface area contributed by atoms with Gasteiger partial charge in [0.05, 0.1) is 6.42 Å². The van der Waals surface area contributed by atoms with Crippen LogP contribution in [0, 0.1) is 0 Å². The highest BCUT2D eigenvalue weighted by atomic mass is 32.2. The molecule has 0 saturated heterocycles. The Kier molecular flexibility index (Phi) is 3.82. The Morgan fingerprint density at radius 1 is 1.17 bits per heavy atom. The number of hydrogen-bond donors (Lipinski definition) is 0. The molecule has 18 heavy (non-hydrogen) atoms. The summed E-state index contributed by atoms with van der Waals surface area (Å²) in [5, 5.41) is 1.96. The van der Waals surface area contributed by atoms with Crippen molar-refractivity contribution in [2.75, 3.05) is 6.26 Å². The predicted octanol–water partition coefficient (Wildman–Crippen LogP) is 3.72. The Bertz CT molecular complexity index is 617. The fourth-order valence-electron chi connectivity index (χ4n) is 1.94. The van der Waals surface area contributed by atoms with E-state index in [-0.39, 0.29) is 18.0 Å². The van der Waals surface area contributed by atoms with Gasteiger partial charge >= 0.3 is 0 Å². The molecule has 0 spiro atoms. The van der Waals surface area contributed by atoms with Crippen LogP contribution in [0.5, 0.6) is 0 Å². The standard InChI is InChI=1S/C15H14O2S/c1-10(16)8-15(17)13-5-3-4-11-6-7-12(18-2)9-14(11)13/h3-7,9H,8H2,1-2H3. The van der Waals surface area contributed by atoms with E-state index in [1.165, 1.54) is 6.92 Å². The van der Waals surface area contributed by atoms with E-state index in [4.69, 9.17) is 0 Å². The monoisotopic (exact) mass is 258 g/mol. The van der Waals surface area contributed by atoms with Crippen molar-refractivity contribution in [1.29, 1.82) is 0 Å². The van der Waals surface area contributed by atoms with Crippen LogP contribution >= 0.6 is 11.8 Å². The second-order valence-electron chi connectivity index (χ2n) is 4.19. The van der Waals surface area contributed by atoms with Gasteiger partial charge in [-0.15, -0.1) is 11.8 Å². The van der Waals surface area contributed by atoms with E-state index >= 15 is 0 Å². The zero-order valence-corrected chi connectivity index (χ0v) is 11.2. The van der Waals surface area contributed by atoms with E-state index in [2.05, 4.69) is 0 Å². The highest BCUT2D eigenvalue weighted by molar-refractivity contribution is 7.98. The van der Waals surface area contributed by atoms with Gasteiger partial charge in [0.2, 0.25) is 0 Å². The lowest BCUT2D eigenvalue weighted by molar-refractivity contribution is -0.116. The summed E-state index contributed by atoms with van der Waals surface area (Å²) < 4.78 is 0. The maximum atomic E-state index is 12.0. The summed E-state index contributed by atoms with van der Waals surface area (Å²) in [5.41, 5.74) is 0.638. The molecule has 0 aromatic heterocycles. The molecule has 0 N–H and O–H groups in total. The van der Waals surface area contributed by atoms with Gasteiger partial charge in [0.15, 0.2) is 5.78 Å². The quantitative estimate of drug-likeness (QED) is 0.476. The van der Waals surface area contributed by atoms with E-state index in [9.17, 15) is 9.59 Å². The van der Waals surface area contributed by atoms with Crippen LogP contribution < -0.4 is 0 Å². The fraction of sp³-hybridized carbons (Fsp3) is 0.200. The molecular formula is C15H14O2S. The summed E-state index contributed by atoms with van der Waals surface area (Å²) in [7, 11) is 0. The summed E-state index contributed by atoms with van der Waals surface area (Å²) in [6.45, 7) is 1.44. The molecule has 92 valence electrons. The van der Waals surface area contributed by atoms with Crippen LogP contribution in [0.4, 0.5) is 0 Å². The maximum absolute atomic E-state index is 12.0. The molecule has 3 heteroatoms. The molecule has 2 aromatic rings. The van der Waals surface area contributed by atoms with Gasteiger partial charge in [0.25, 0.3) is 0 Å². The molecule has 0 aliphatic heterocycles. The van der Waals surface area contributed by atoms with Gasteiger partial charge in [-0.05, 0) is 36.1 Å². The van der Waals surface area contributed by atoms with Crippen molar-refractivity contribution in [1.82, 2.24) is 0 Å². The number of benzene rings is 2. The lowest BCUT2D eigenvalue weighted by Crippen LogP contribution is -2.05. The summed E-state index contributed by atoms with van der Waals surface area (Å²) >= 11 is 1.64. The molecule has 0 bridgehead atoms. The van der Waals surface area contributed by atoms with Gasteiger partial charge in [0.1, 0.15) is 5.78 Å². The molecule has 0 fully saturated rings. The van der Waals surface area contributed by atoms with Gasteiger partial charge in [-0.1, -0.05) is 24.3 Å². The molecule has 0 heterocycles. The fourth-order valence-corrected chi connectivity index (χ4v) is 2.38. The Morgan fingerprint density at radius 2 is 1.94 bits per heavy atom. The van der Waals surface area contributed by atoms with Crippen molar-refractivity contribution < 1.29 is 9.59 Å². The Labute approximate surface area is 110 Å². The minimum Gasteiger partial charge on any atom is -0.300 e. The summed E-state index contributed by atoms with van der Waals surface area (Å²) in [4.78, 5) is 24.2. The normalized spacial score (nSPS) is 10.6. The number of ketones is 2. The van der Waals surface area contributed by atoms with Crippen LogP contribution in [0.2, 0.25) is 0 Å². The van der Waals surface area contributed by atoms with Crippen LogP contribution in [0.25, 0.3) is 10.8 Å². The second kappa shape index (κ2) is 5.36. The van der Waals surface area contributed by atoms with Crippen molar-refractivity contribution in [3.05, 3.63) is 42.0 Å². The van der Waals surface area contributed by atoms with E-state index in [1.54, 1.807) is 17.8 Å². The van der Waals surface area contributed by atoms with E-state index in [0.717, 1.165) is 15.7 Å². The highest BCUT2D eigenvalue weighted by Gasteiger charge is 2.12. The highest BCUT2D eigenvalue weighted by Crippen LogP contribution is 2.25. The molecular weight excluding hydrogens is 244 g/mol. The summed E-state index contributed by atoms with van der Waals surface area (Å²) in [5.74, 6) is -0.204. The van der Waals surface area contributed by atoms with Gasteiger partial charge in [-0.3, -0.25) is 9.59 Å². The number of thioether (sulfide) groups is 1. The van der Waals surface area contributed by atoms with Crippen molar-refractivity contribution in [2.24, 2.45) is 0 Å². The topological polar surface area (TPSA) is 34.1 Å². The predicted molar refractivity (Wildman–Crippen MR) is 75.4 cm³/mol. The third kappa shape index (κ3) is 2.62. The average molecular weight is 258 g/mol. The number of Topliss-reactive ketones (excluding diaryl/α,β-unsaturated/α-hetero) is 2. The first kappa shape index (κ1) is 12.8. The van der Waals surface area contributed by atoms with Crippen LogP contribution in [0.3, 0.4) is 0 Å². The van der Waals surface area contributed by atoms with Crippen LogP contribution in [-0.2, 0) is 4.79 Å². The number of hydrogen-bond acceptors (Lipinski definition) is 3. The Morgan fingerprint density at radius 3 is 2.61 bits per heavy atom. The lowest BCUT2D eigenvalue weighted by Gasteiger charge is -2.06. The molecule has 0 aliphatic rings. The molecule has 0 unspecified atom stereocenters. The first-order valence-electron chi connectivity index (χ1n) is 5.71. The molecule has 0 saturated carbocycles. The summed E-state index contributed by atoms with van der Waals surface area (Å²) in [6.07, 6.45) is 1.98. The van der Waals surface area contributed by atoms with E-state index < -0.39 is 0 Å². The number of fused-ring (bicyclic) bond motifs is 1. The number of carbonyl (C=O) groups excluding carboxylic acids is 2. The van der Waals surface area contributed by atoms with Crippen molar-refractivity contribution in [3.8, 4) is 0 Å². The first-order valence-corrected chi connectivity index (χ1v) is 6.93. The van der Waals surface area contributed by atoms with Gasteiger partial charge in [0, 0.05) is 10.5 Å². The molecule has 2 nitrogen and oxygen atoms in total. The van der Waals surface area contributed by atoms with E-state index in [1.807, 2.05) is 36.6 Å². The second-order valence-corrected chi connectivity index (χ2v) is 5.07. The molecule has 2 rings (SSSR count). The van der Waals surface area contributed by atoms with Gasteiger partial charge < -0.3 is 0 Å². The smallest absolute Gasteiger partial charge is 0.170 e. The van der Waals surface area contributed by atoms with Crippen LogP contribution in [0.15, 0.2) is 41.3 Å². The number of carbonyl (C=O) groups is 2. The third-order valence-corrected chi connectivity index (χ3v) is 3.52. The zero-order valence-electron chi connectivity index (χ0n) is 10.4. The maximum Gasteiger partial charge on any atom is 0.170 e. The Balaban J connectivity index is 2.55. The molecule has 0 atom stereocenters. The molecule has 0 aliphatic carbocycles. The lowest BCUT2D eigenvalue weighted by atomic mass is 9.99. The van der Waals surface area contributed by atoms with E-state index in [0.29, 0.717) is 5.56 Å². The minimum absolute atomic E-state index is 0.0252. The van der Waals surface area contributed by atoms with Crippen molar-refractivity contribution in [2.45, 2.75) is 18.2 Å². The van der Waals surface area contributed by atoms with Gasteiger partial charge in [-0.2, -0.15) is 0 Å². The van der Waals surface area contributed by atoms with Crippen LogP contribution in [-0.4, -0.2) is 17.8 Å². The van der Waals surface area contributed by atoms with Crippen molar-refractivity contribution in [3.63, 3.8) is 0 Å². The number of rotatable bonds is 4. The van der Waals surface area contributed by atoms with Crippen LogP contribution in [0.1, 0.15) is 23.7 Å². The first-order chi connectivity index (χ1) is 8.61. The largest absolute Gasteiger partial charge is 0.300 e. The van der Waals surface area contributed by atoms with Gasteiger partial charge in [-0.25, -0.2) is 0 Å².